The Bertz CT molecular complexity index is 1000. The molecule has 224 valence electrons. The van der Waals surface area contributed by atoms with Crippen LogP contribution in [-0.4, -0.2) is 0 Å². The summed E-state index contributed by atoms with van der Waals surface area (Å²) < 4.78 is 0. The van der Waals surface area contributed by atoms with Gasteiger partial charge < -0.3 is 0 Å². The first-order valence-corrected chi connectivity index (χ1v) is 16.7. The summed E-state index contributed by atoms with van der Waals surface area (Å²) in [6, 6.07) is 0. The van der Waals surface area contributed by atoms with Crippen LogP contribution in [0.3, 0.4) is 0 Å². The van der Waals surface area contributed by atoms with Crippen molar-refractivity contribution in [3.8, 4) is 0 Å². The molecule has 40 heavy (non-hydrogen) atoms. The molecule has 0 spiro atoms. The monoisotopic (exact) mass is 545 g/mol. The predicted molar refractivity (Wildman–Crippen MR) is 179 cm³/mol. The third-order valence-electron chi connectivity index (χ3n) is 12.1. The highest BCUT2D eigenvalue weighted by atomic mass is 14.6. The maximum absolute atomic E-state index is 4.13. The first-order valence-electron chi connectivity index (χ1n) is 16.7. The normalized spacial score (nSPS) is 34.1. The Kier molecular flexibility index (Phi) is 11.2. The quantitative estimate of drug-likeness (QED) is 0.303. The van der Waals surface area contributed by atoms with Gasteiger partial charge >= 0.3 is 0 Å². The van der Waals surface area contributed by atoms with Crippen LogP contribution in [0.5, 0.6) is 0 Å². The first-order chi connectivity index (χ1) is 18.6. The van der Waals surface area contributed by atoms with Crippen molar-refractivity contribution in [1.82, 2.24) is 0 Å². The molecule has 4 fully saturated rings. The maximum Gasteiger partial charge on any atom is -0.0149 e. The molecule has 0 radical (unpaired) electrons. The maximum atomic E-state index is 4.13. The SMILES string of the molecule is C=C(C)C1CC=C(C)CC1.C=C1C=CC(C(C)C)CC1.C=C1CCC2CC1C2(C)C.CC1=CCC2CC1C2(C)C. The Hall–Kier alpha value is -1.56. The van der Waals surface area contributed by atoms with Gasteiger partial charge in [-0.25, -0.2) is 0 Å². The molecular weight excluding hydrogens is 480 g/mol. The molecule has 8 aliphatic rings. The van der Waals surface area contributed by atoms with Gasteiger partial charge in [0, 0.05) is 0 Å². The Morgan fingerprint density at radius 2 is 1.48 bits per heavy atom. The highest BCUT2D eigenvalue weighted by Crippen LogP contribution is 2.61. The topological polar surface area (TPSA) is 0 Å². The van der Waals surface area contributed by atoms with Gasteiger partial charge in [-0.3, -0.25) is 0 Å². The van der Waals surface area contributed by atoms with Gasteiger partial charge in [0.05, 0.1) is 0 Å². The van der Waals surface area contributed by atoms with Crippen LogP contribution in [0.4, 0.5) is 0 Å². The van der Waals surface area contributed by atoms with E-state index in [2.05, 4.69) is 106 Å². The molecule has 0 heterocycles. The fourth-order valence-corrected chi connectivity index (χ4v) is 8.15. The third kappa shape index (κ3) is 7.83. The van der Waals surface area contributed by atoms with Crippen molar-refractivity contribution >= 4 is 0 Å². The molecule has 6 unspecified atom stereocenters. The van der Waals surface area contributed by atoms with E-state index in [9.17, 15) is 0 Å². The molecular formula is C40H64. The fraction of sp³-hybridized carbons (Fsp3) is 0.700. The van der Waals surface area contributed by atoms with Gasteiger partial charge in [0.15, 0.2) is 0 Å². The van der Waals surface area contributed by atoms with Crippen molar-refractivity contribution in [3.05, 3.63) is 71.9 Å². The van der Waals surface area contributed by atoms with Gasteiger partial charge in [-0.1, -0.05) is 113 Å². The van der Waals surface area contributed by atoms with Crippen molar-refractivity contribution in [2.24, 2.45) is 52.3 Å². The van der Waals surface area contributed by atoms with Crippen LogP contribution in [0, 0.1) is 52.3 Å². The lowest BCUT2D eigenvalue weighted by Gasteiger charge is -2.57. The van der Waals surface area contributed by atoms with Crippen molar-refractivity contribution in [3.63, 3.8) is 0 Å². The van der Waals surface area contributed by atoms with Crippen molar-refractivity contribution in [2.45, 2.75) is 127 Å². The molecule has 4 bridgehead atoms. The number of allylic oxidation sites excluding steroid dienone is 9. The summed E-state index contributed by atoms with van der Waals surface area (Å²) in [5.74, 6) is 6.17. The lowest BCUT2D eigenvalue weighted by molar-refractivity contribution is -0.0273. The van der Waals surface area contributed by atoms with E-state index in [4.69, 9.17) is 0 Å². The molecule has 0 aliphatic heterocycles. The fourth-order valence-electron chi connectivity index (χ4n) is 8.15. The second-order valence-electron chi connectivity index (χ2n) is 15.8. The first kappa shape index (κ1) is 32.9. The van der Waals surface area contributed by atoms with Gasteiger partial charge in [-0.05, 0) is 137 Å². The van der Waals surface area contributed by atoms with E-state index in [-0.39, 0.29) is 0 Å². The second-order valence-corrected chi connectivity index (χ2v) is 15.8. The van der Waals surface area contributed by atoms with Crippen LogP contribution in [0.25, 0.3) is 0 Å². The van der Waals surface area contributed by atoms with Crippen LogP contribution < -0.4 is 0 Å². The zero-order chi connectivity index (χ0) is 29.8. The van der Waals surface area contributed by atoms with E-state index in [1.807, 2.05) is 0 Å². The number of fused-ring (bicyclic) bond motifs is 3. The number of hydrogen-bond donors (Lipinski definition) is 0. The van der Waals surface area contributed by atoms with Crippen molar-refractivity contribution in [2.75, 3.05) is 0 Å². The molecule has 0 N–H and O–H groups in total. The second kappa shape index (κ2) is 13.6. The van der Waals surface area contributed by atoms with Crippen LogP contribution in [0.2, 0.25) is 0 Å². The minimum Gasteiger partial charge on any atom is -0.0998 e. The molecule has 0 heteroatoms. The molecule has 4 saturated carbocycles. The molecule has 0 aromatic rings. The number of hydrogen-bond acceptors (Lipinski definition) is 0. The summed E-state index contributed by atoms with van der Waals surface area (Å²) in [7, 11) is 0. The molecule has 6 atom stereocenters. The summed E-state index contributed by atoms with van der Waals surface area (Å²) in [6.07, 6.45) is 22.5. The standard InChI is InChI=1S/4C10H16/c2*1-7-4-5-8-6-9(7)10(8,2)3;2*1-8(2)10-6-4-9(3)5-7-10/h4,8-9H,5-6H2,1-3H3;8-9H,1,4-6H2,2-3H3;4,6,8,10H,3,5,7H2,1-2H3;4,10H,1,5-7H2,2-3H3. The summed E-state index contributed by atoms with van der Waals surface area (Å²) in [6.45, 7) is 32.9. The van der Waals surface area contributed by atoms with E-state index >= 15 is 0 Å². The zero-order valence-corrected chi connectivity index (χ0v) is 28.0. The van der Waals surface area contributed by atoms with Crippen LogP contribution in [-0.2, 0) is 0 Å². The Morgan fingerprint density at radius 1 is 0.825 bits per heavy atom. The third-order valence-corrected chi connectivity index (χ3v) is 12.1. The lowest BCUT2D eigenvalue weighted by atomic mass is 9.47. The van der Waals surface area contributed by atoms with Crippen molar-refractivity contribution in [1.29, 1.82) is 0 Å². The predicted octanol–water partition coefficient (Wildman–Crippen LogP) is 12.5. The van der Waals surface area contributed by atoms with Gasteiger partial charge in [0.25, 0.3) is 0 Å². The van der Waals surface area contributed by atoms with Gasteiger partial charge in [-0.15, -0.1) is 0 Å². The van der Waals surface area contributed by atoms with Gasteiger partial charge in [0.1, 0.15) is 0 Å². The van der Waals surface area contributed by atoms with Gasteiger partial charge in [0.2, 0.25) is 0 Å². The van der Waals surface area contributed by atoms with Crippen LogP contribution in [0.15, 0.2) is 71.9 Å². The van der Waals surface area contributed by atoms with E-state index in [0.29, 0.717) is 10.8 Å². The summed E-state index contributed by atoms with van der Waals surface area (Å²) >= 11 is 0. The van der Waals surface area contributed by atoms with Gasteiger partial charge in [-0.2, -0.15) is 0 Å². The zero-order valence-electron chi connectivity index (χ0n) is 28.0. The smallest absolute Gasteiger partial charge is 0.0149 e. The molecule has 8 rings (SSSR count). The minimum atomic E-state index is 0.606. The molecule has 8 aliphatic carbocycles. The van der Waals surface area contributed by atoms with Crippen molar-refractivity contribution < 1.29 is 0 Å². The molecule has 0 aromatic heterocycles. The molecule has 0 saturated heterocycles. The highest BCUT2D eigenvalue weighted by Gasteiger charge is 2.51. The Balaban J connectivity index is 0.000000147. The van der Waals surface area contributed by atoms with E-state index in [1.54, 1.807) is 11.1 Å². The summed E-state index contributed by atoms with van der Waals surface area (Å²) in [5, 5.41) is 0. The minimum absolute atomic E-state index is 0.606. The van der Waals surface area contributed by atoms with Crippen LogP contribution in [0.1, 0.15) is 127 Å². The lowest BCUT2D eigenvalue weighted by Crippen LogP contribution is -2.48. The molecule has 0 nitrogen and oxygen atoms in total. The summed E-state index contributed by atoms with van der Waals surface area (Å²) in [4.78, 5) is 0. The van der Waals surface area contributed by atoms with Crippen LogP contribution >= 0.6 is 0 Å². The average molecular weight is 545 g/mol. The highest BCUT2D eigenvalue weighted by molar-refractivity contribution is 5.21. The molecule has 0 amide bonds. The Labute approximate surface area is 250 Å². The largest absolute Gasteiger partial charge is 0.0998 e. The average Bonchev–Trinajstić information content (AvgIpc) is 2.90. The number of rotatable bonds is 2. The van der Waals surface area contributed by atoms with E-state index < -0.39 is 0 Å². The van der Waals surface area contributed by atoms with E-state index in [0.717, 1.165) is 41.4 Å². The Morgan fingerprint density at radius 3 is 1.82 bits per heavy atom. The molecule has 0 aromatic carbocycles. The summed E-state index contributed by atoms with van der Waals surface area (Å²) in [5.41, 5.74) is 8.60. The van der Waals surface area contributed by atoms with E-state index in [1.165, 1.54) is 80.9 Å².